The van der Waals surface area contributed by atoms with Crippen LogP contribution in [-0.2, 0) is 0 Å². The van der Waals surface area contributed by atoms with Crippen molar-refractivity contribution in [1.82, 2.24) is 10.2 Å². The molecule has 1 fully saturated rings. The number of halogens is 2. The van der Waals surface area contributed by atoms with Crippen molar-refractivity contribution in [2.24, 2.45) is 5.92 Å². The highest BCUT2D eigenvalue weighted by Gasteiger charge is 2.24. The minimum absolute atomic E-state index is 0. The van der Waals surface area contributed by atoms with Crippen molar-refractivity contribution in [2.75, 3.05) is 26.7 Å². The van der Waals surface area contributed by atoms with Crippen LogP contribution in [0.3, 0.4) is 0 Å². The number of rotatable bonds is 3. The molecule has 1 N–H and O–H groups in total. The molecule has 2 rings (SSSR count). The molecule has 1 amide bonds. The van der Waals surface area contributed by atoms with Crippen molar-refractivity contribution < 1.29 is 4.79 Å². The summed E-state index contributed by atoms with van der Waals surface area (Å²) in [4.78, 5) is 14.4. The first kappa shape index (κ1) is 17.3. The lowest BCUT2D eigenvalue weighted by Gasteiger charge is -2.32. The number of carbonyl (C=O) groups excluding carboxylic acids is 1. The monoisotopic (exact) mass is 316 g/mol. The van der Waals surface area contributed by atoms with Gasteiger partial charge in [0.15, 0.2) is 0 Å². The highest BCUT2D eigenvalue weighted by atomic mass is 35.5. The van der Waals surface area contributed by atoms with Crippen molar-refractivity contribution in [1.29, 1.82) is 0 Å². The zero-order valence-corrected chi connectivity index (χ0v) is 13.6. The van der Waals surface area contributed by atoms with Crippen molar-refractivity contribution in [3.63, 3.8) is 0 Å². The number of hydrogen-bond donors (Lipinski definition) is 1. The highest BCUT2D eigenvalue weighted by Crippen LogP contribution is 2.24. The van der Waals surface area contributed by atoms with Crippen molar-refractivity contribution in [3.8, 4) is 0 Å². The fourth-order valence-electron chi connectivity index (χ4n) is 2.61. The van der Waals surface area contributed by atoms with Gasteiger partial charge in [0.2, 0.25) is 0 Å². The molecule has 1 aromatic carbocycles. The fourth-order valence-corrected chi connectivity index (χ4v) is 2.82. The van der Waals surface area contributed by atoms with E-state index in [1.165, 1.54) is 0 Å². The predicted molar refractivity (Wildman–Crippen MR) is 86.0 cm³/mol. The van der Waals surface area contributed by atoms with E-state index in [1.54, 1.807) is 0 Å². The van der Waals surface area contributed by atoms with Crippen LogP contribution in [0.15, 0.2) is 18.2 Å². The average Bonchev–Trinajstić information content (AvgIpc) is 2.42. The van der Waals surface area contributed by atoms with Gasteiger partial charge in [-0.15, -0.1) is 12.4 Å². The van der Waals surface area contributed by atoms with E-state index in [0.717, 1.165) is 38.0 Å². The van der Waals surface area contributed by atoms with Gasteiger partial charge in [0, 0.05) is 13.1 Å². The molecule has 0 saturated carbocycles. The summed E-state index contributed by atoms with van der Waals surface area (Å²) in [6.07, 6.45) is 2.13. The lowest BCUT2D eigenvalue weighted by Crippen LogP contribution is -2.40. The SMILES string of the molecule is CNCC1CCN(C(=O)c2cccc(C)c2Cl)CC1.Cl. The Morgan fingerprint density at radius 3 is 2.65 bits per heavy atom. The molecule has 0 atom stereocenters. The molecule has 0 aromatic heterocycles. The van der Waals surface area contributed by atoms with Crippen molar-refractivity contribution in [3.05, 3.63) is 34.3 Å². The molecule has 0 aliphatic carbocycles. The van der Waals surface area contributed by atoms with Crippen LogP contribution in [0.25, 0.3) is 0 Å². The van der Waals surface area contributed by atoms with Gasteiger partial charge in [-0.25, -0.2) is 0 Å². The summed E-state index contributed by atoms with van der Waals surface area (Å²) >= 11 is 6.23. The maximum atomic E-state index is 12.5. The van der Waals surface area contributed by atoms with Crippen LogP contribution in [0.1, 0.15) is 28.8 Å². The second-order valence-corrected chi connectivity index (χ2v) is 5.61. The molecule has 1 aliphatic rings. The fraction of sp³-hybridized carbons (Fsp3) is 0.533. The number of likely N-dealkylation sites (tertiary alicyclic amines) is 1. The van der Waals surface area contributed by atoms with Crippen LogP contribution in [-0.4, -0.2) is 37.5 Å². The largest absolute Gasteiger partial charge is 0.339 e. The predicted octanol–water partition coefficient (Wildman–Crippen LogP) is 3.14. The third-order valence-electron chi connectivity index (χ3n) is 3.82. The van der Waals surface area contributed by atoms with Gasteiger partial charge in [0.25, 0.3) is 5.91 Å². The smallest absolute Gasteiger partial charge is 0.255 e. The van der Waals surface area contributed by atoms with Crippen LogP contribution in [0.2, 0.25) is 5.02 Å². The molecule has 0 radical (unpaired) electrons. The maximum absolute atomic E-state index is 12.5. The molecule has 1 heterocycles. The number of aryl methyl sites for hydroxylation is 1. The highest BCUT2D eigenvalue weighted by molar-refractivity contribution is 6.34. The second-order valence-electron chi connectivity index (χ2n) is 5.23. The second kappa shape index (κ2) is 7.87. The molecule has 1 saturated heterocycles. The van der Waals surface area contributed by atoms with Gasteiger partial charge < -0.3 is 10.2 Å². The number of piperidine rings is 1. The molecular weight excluding hydrogens is 295 g/mol. The molecule has 0 bridgehead atoms. The van der Waals surface area contributed by atoms with Crippen LogP contribution >= 0.6 is 24.0 Å². The van der Waals surface area contributed by atoms with E-state index in [4.69, 9.17) is 11.6 Å². The first-order valence-corrected chi connectivity index (χ1v) is 7.20. The zero-order chi connectivity index (χ0) is 13.8. The van der Waals surface area contributed by atoms with Crippen LogP contribution in [0.4, 0.5) is 0 Å². The lowest BCUT2D eigenvalue weighted by atomic mass is 9.96. The minimum atomic E-state index is 0. The van der Waals surface area contributed by atoms with Gasteiger partial charge in [0.1, 0.15) is 0 Å². The Bertz CT molecular complexity index is 457. The number of nitrogens with one attached hydrogen (secondary N) is 1. The Balaban J connectivity index is 0.00000200. The van der Waals surface area contributed by atoms with Crippen LogP contribution in [0, 0.1) is 12.8 Å². The molecule has 0 unspecified atom stereocenters. The molecule has 1 aliphatic heterocycles. The van der Waals surface area contributed by atoms with Gasteiger partial charge in [-0.05, 0) is 50.9 Å². The molecular formula is C15H22Cl2N2O. The Hall–Kier alpha value is -0.770. The van der Waals surface area contributed by atoms with Crippen molar-refractivity contribution >= 4 is 29.9 Å². The van der Waals surface area contributed by atoms with Gasteiger partial charge in [-0.3, -0.25) is 4.79 Å². The Morgan fingerprint density at radius 1 is 1.40 bits per heavy atom. The first-order chi connectivity index (χ1) is 9.13. The Morgan fingerprint density at radius 2 is 2.05 bits per heavy atom. The summed E-state index contributed by atoms with van der Waals surface area (Å²) < 4.78 is 0. The molecule has 1 aromatic rings. The lowest BCUT2D eigenvalue weighted by molar-refractivity contribution is 0.0691. The topological polar surface area (TPSA) is 32.3 Å². The number of nitrogens with zero attached hydrogens (tertiary/aromatic N) is 1. The van der Waals surface area contributed by atoms with Crippen molar-refractivity contribution in [2.45, 2.75) is 19.8 Å². The standard InChI is InChI=1S/C15H21ClN2O.ClH/c1-11-4-3-5-13(14(11)16)15(19)18-8-6-12(7-9-18)10-17-2;/h3-5,12,17H,6-10H2,1-2H3;1H. The number of hydrogen-bond acceptors (Lipinski definition) is 2. The summed E-state index contributed by atoms with van der Waals surface area (Å²) in [5.41, 5.74) is 1.59. The molecule has 3 nitrogen and oxygen atoms in total. The quantitative estimate of drug-likeness (QED) is 0.929. The van der Waals surface area contributed by atoms with Crippen LogP contribution in [0.5, 0.6) is 0 Å². The van der Waals surface area contributed by atoms with Gasteiger partial charge in [-0.2, -0.15) is 0 Å². The van der Waals surface area contributed by atoms with Gasteiger partial charge in [-0.1, -0.05) is 23.7 Å². The number of amides is 1. The van der Waals surface area contributed by atoms with E-state index in [0.29, 0.717) is 16.5 Å². The zero-order valence-electron chi connectivity index (χ0n) is 12.0. The Labute approximate surface area is 132 Å². The van der Waals surface area contributed by atoms with Crippen LogP contribution < -0.4 is 5.32 Å². The summed E-state index contributed by atoms with van der Waals surface area (Å²) in [6.45, 7) is 4.62. The molecule has 0 spiro atoms. The maximum Gasteiger partial charge on any atom is 0.255 e. The summed E-state index contributed by atoms with van der Waals surface area (Å²) in [5, 5.41) is 3.79. The van der Waals surface area contributed by atoms with E-state index in [1.807, 2.05) is 37.1 Å². The summed E-state index contributed by atoms with van der Waals surface area (Å²) in [5.74, 6) is 0.749. The normalized spacial score (nSPS) is 15.8. The third kappa shape index (κ3) is 3.87. The van der Waals surface area contributed by atoms with Gasteiger partial charge in [0.05, 0.1) is 10.6 Å². The molecule has 112 valence electrons. The Kier molecular flexibility index (Phi) is 6.80. The van der Waals surface area contributed by atoms with Gasteiger partial charge >= 0.3 is 0 Å². The molecule has 5 heteroatoms. The van der Waals surface area contributed by atoms with E-state index in [9.17, 15) is 4.79 Å². The average molecular weight is 317 g/mol. The number of benzene rings is 1. The third-order valence-corrected chi connectivity index (χ3v) is 4.32. The first-order valence-electron chi connectivity index (χ1n) is 6.82. The number of carbonyl (C=O) groups is 1. The molecule has 20 heavy (non-hydrogen) atoms. The summed E-state index contributed by atoms with van der Waals surface area (Å²) in [7, 11) is 1.98. The van der Waals surface area contributed by atoms with E-state index >= 15 is 0 Å². The van der Waals surface area contributed by atoms with E-state index < -0.39 is 0 Å². The van der Waals surface area contributed by atoms with E-state index in [-0.39, 0.29) is 18.3 Å². The summed E-state index contributed by atoms with van der Waals surface area (Å²) in [6, 6.07) is 5.64. The minimum Gasteiger partial charge on any atom is -0.339 e. The van der Waals surface area contributed by atoms with E-state index in [2.05, 4.69) is 5.32 Å².